The van der Waals surface area contributed by atoms with Crippen molar-refractivity contribution in [3.8, 4) is 11.9 Å². The van der Waals surface area contributed by atoms with E-state index in [1.54, 1.807) is 31.6 Å². The zero-order valence-electron chi connectivity index (χ0n) is 12.4. The molecule has 0 spiro atoms. The Morgan fingerprint density at radius 1 is 1.30 bits per heavy atom. The molecule has 0 aliphatic heterocycles. The normalized spacial score (nSPS) is 10.3. The van der Waals surface area contributed by atoms with Crippen molar-refractivity contribution in [2.45, 2.75) is 6.54 Å². The molecule has 6 heteroatoms. The first-order chi connectivity index (χ1) is 11.2. The van der Waals surface area contributed by atoms with Crippen molar-refractivity contribution in [2.24, 2.45) is 0 Å². The van der Waals surface area contributed by atoms with Gasteiger partial charge in [0.2, 0.25) is 5.88 Å². The summed E-state index contributed by atoms with van der Waals surface area (Å²) in [5.74, 6) is 0.551. The molecule has 0 fully saturated rings. The molecule has 5 nitrogen and oxygen atoms in total. The van der Waals surface area contributed by atoms with Crippen LogP contribution in [0.15, 0.2) is 42.7 Å². The number of ether oxygens (including phenoxy) is 1. The van der Waals surface area contributed by atoms with Gasteiger partial charge in [-0.25, -0.2) is 4.98 Å². The maximum Gasteiger partial charge on any atom is 0.218 e. The molecule has 0 amide bonds. The van der Waals surface area contributed by atoms with E-state index in [4.69, 9.17) is 16.3 Å². The van der Waals surface area contributed by atoms with Crippen LogP contribution < -0.4 is 10.1 Å². The van der Waals surface area contributed by atoms with Gasteiger partial charge in [0.1, 0.15) is 6.07 Å². The van der Waals surface area contributed by atoms with E-state index < -0.39 is 0 Å². The Bertz CT molecular complexity index is 905. The summed E-state index contributed by atoms with van der Waals surface area (Å²) in [6.07, 6.45) is 3.23. The second-order valence-electron chi connectivity index (χ2n) is 4.85. The van der Waals surface area contributed by atoms with Crippen LogP contribution in [0.5, 0.6) is 5.88 Å². The molecular weight excluding hydrogens is 312 g/mol. The molecule has 0 aliphatic carbocycles. The van der Waals surface area contributed by atoms with Gasteiger partial charge in [-0.1, -0.05) is 17.7 Å². The summed E-state index contributed by atoms with van der Waals surface area (Å²) in [7, 11) is 1.58. The number of nitrogens with zero attached hydrogens (tertiary/aromatic N) is 3. The van der Waals surface area contributed by atoms with Crippen LogP contribution in [0.1, 0.15) is 11.1 Å². The molecule has 1 N–H and O–H groups in total. The lowest BCUT2D eigenvalue weighted by atomic mass is 10.1. The molecule has 0 aliphatic rings. The minimum absolute atomic E-state index is 0.461. The Kier molecular flexibility index (Phi) is 4.26. The molecule has 2 heterocycles. The average molecular weight is 325 g/mol. The number of halogens is 1. The van der Waals surface area contributed by atoms with Gasteiger partial charge in [-0.15, -0.1) is 0 Å². The average Bonchev–Trinajstić information content (AvgIpc) is 2.59. The summed E-state index contributed by atoms with van der Waals surface area (Å²) in [4.78, 5) is 8.45. The van der Waals surface area contributed by atoms with Crippen LogP contribution in [-0.4, -0.2) is 17.1 Å². The number of benzene rings is 1. The predicted molar refractivity (Wildman–Crippen MR) is 89.6 cm³/mol. The fourth-order valence-electron chi connectivity index (χ4n) is 2.37. The molecule has 3 aromatic rings. The zero-order valence-corrected chi connectivity index (χ0v) is 13.1. The van der Waals surface area contributed by atoms with Crippen LogP contribution in [-0.2, 0) is 6.54 Å². The van der Waals surface area contributed by atoms with Crippen LogP contribution in [0, 0.1) is 11.3 Å². The second kappa shape index (κ2) is 6.51. The molecule has 23 heavy (non-hydrogen) atoms. The van der Waals surface area contributed by atoms with Gasteiger partial charge in [-0.3, -0.25) is 4.98 Å². The molecule has 0 atom stereocenters. The number of methoxy groups -OCH3 is 1. The van der Waals surface area contributed by atoms with Crippen molar-refractivity contribution < 1.29 is 4.74 Å². The number of pyridine rings is 2. The lowest BCUT2D eigenvalue weighted by Gasteiger charge is -2.13. The molecule has 0 radical (unpaired) electrons. The van der Waals surface area contributed by atoms with Crippen LogP contribution in [0.25, 0.3) is 10.9 Å². The lowest BCUT2D eigenvalue weighted by molar-refractivity contribution is 0.393. The third kappa shape index (κ3) is 3.03. The number of fused-ring (bicyclic) bond motifs is 1. The number of hydrogen-bond acceptors (Lipinski definition) is 5. The highest BCUT2D eigenvalue weighted by atomic mass is 35.5. The van der Waals surface area contributed by atoms with Gasteiger partial charge in [0.25, 0.3) is 0 Å². The fraction of sp³-hybridized carbons (Fsp3) is 0.118. The van der Waals surface area contributed by atoms with Crippen molar-refractivity contribution >= 4 is 28.2 Å². The summed E-state index contributed by atoms with van der Waals surface area (Å²) in [5, 5.41) is 14.0. The second-order valence-corrected chi connectivity index (χ2v) is 5.28. The van der Waals surface area contributed by atoms with Crippen LogP contribution in [0.2, 0.25) is 5.02 Å². The Labute approximate surface area is 138 Å². The Morgan fingerprint density at radius 3 is 2.96 bits per heavy atom. The van der Waals surface area contributed by atoms with E-state index in [0.717, 1.165) is 16.5 Å². The largest absolute Gasteiger partial charge is 0.481 e. The zero-order chi connectivity index (χ0) is 16.2. The molecule has 0 saturated carbocycles. The van der Waals surface area contributed by atoms with Crippen LogP contribution in [0.4, 0.5) is 5.69 Å². The number of nitrogens with one attached hydrogen (secondary N) is 1. The molecule has 1 aromatic carbocycles. The first-order valence-corrected chi connectivity index (χ1v) is 7.31. The van der Waals surface area contributed by atoms with Crippen molar-refractivity contribution in [1.29, 1.82) is 5.26 Å². The summed E-state index contributed by atoms with van der Waals surface area (Å²) >= 11 is 6.08. The van der Waals surface area contributed by atoms with Crippen molar-refractivity contribution in [3.05, 3.63) is 58.9 Å². The molecular formula is C17H13ClN4O. The van der Waals surface area contributed by atoms with Gasteiger partial charge in [-0.05, 0) is 24.3 Å². The summed E-state index contributed by atoms with van der Waals surface area (Å²) in [6, 6.07) is 11.3. The molecule has 0 saturated heterocycles. The van der Waals surface area contributed by atoms with Crippen molar-refractivity contribution in [1.82, 2.24) is 9.97 Å². The minimum atomic E-state index is 0.461. The van der Waals surface area contributed by atoms with E-state index in [1.807, 2.05) is 18.2 Å². The van der Waals surface area contributed by atoms with Crippen LogP contribution >= 0.6 is 11.6 Å². The molecule has 2 aromatic heterocycles. The lowest BCUT2D eigenvalue weighted by Crippen LogP contribution is -2.05. The van der Waals surface area contributed by atoms with Gasteiger partial charge in [0.05, 0.1) is 23.9 Å². The number of rotatable bonds is 4. The molecule has 0 unspecified atom stereocenters. The van der Waals surface area contributed by atoms with E-state index in [9.17, 15) is 5.26 Å². The first kappa shape index (κ1) is 15.1. The quantitative estimate of drug-likeness (QED) is 0.791. The maximum atomic E-state index is 9.35. The summed E-state index contributed by atoms with van der Waals surface area (Å²) < 4.78 is 5.25. The van der Waals surface area contributed by atoms with Crippen molar-refractivity contribution in [3.63, 3.8) is 0 Å². The van der Waals surface area contributed by atoms with E-state index in [1.165, 1.54) is 0 Å². The smallest absolute Gasteiger partial charge is 0.218 e. The summed E-state index contributed by atoms with van der Waals surface area (Å²) in [5.41, 5.74) is 2.83. The van der Waals surface area contributed by atoms with Crippen LogP contribution in [0.3, 0.4) is 0 Å². The Balaban J connectivity index is 2.02. The fourth-order valence-corrected chi connectivity index (χ4v) is 2.54. The van der Waals surface area contributed by atoms with Gasteiger partial charge < -0.3 is 10.1 Å². The highest BCUT2D eigenvalue weighted by Crippen LogP contribution is 2.29. The highest BCUT2D eigenvalue weighted by molar-refractivity contribution is 6.31. The molecule has 0 bridgehead atoms. The Hall–Kier alpha value is -2.84. The number of aromatic nitrogens is 2. The topological polar surface area (TPSA) is 70.8 Å². The number of nitriles is 1. The third-order valence-electron chi connectivity index (χ3n) is 3.45. The predicted octanol–water partition coefficient (Wildman–Crippen LogP) is 3.78. The van der Waals surface area contributed by atoms with Gasteiger partial charge in [0, 0.05) is 34.9 Å². The van der Waals surface area contributed by atoms with Gasteiger partial charge in [0.15, 0.2) is 0 Å². The number of anilines is 1. The standard InChI is InChI=1S/C17H13ClN4O/c1-23-17-11(3-2-6-20-17)9-22-16-12(8-19)10-21-15-5-4-13(18)7-14(15)16/h2-7,10H,9H2,1H3,(H,21,22). The van der Waals surface area contributed by atoms with E-state index >= 15 is 0 Å². The number of hydrogen-bond donors (Lipinski definition) is 1. The van der Waals surface area contributed by atoms with E-state index in [2.05, 4.69) is 21.4 Å². The maximum absolute atomic E-state index is 9.35. The monoisotopic (exact) mass is 324 g/mol. The summed E-state index contributed by atoms with van der Waals surface area (Å²) in [6.45, 7) is 0.470. The van der Waals surface area contributed by atoms with Crippen molar-refractivity contribution in [2.75, 3.05) is 12.4 Å². The third-order valence-corrected chi connectivity index (χ3v) is 3.68. The van der Waals surface area contributed by atoms with E-state index in [-0.39, 0.29) is 0 Å². The van der Waals surface area contributed by atoms with E-state index in [0.29, 0.717) is 28.7 Å². The van der Waals surface area contributed by atoms with Gasteiger partial charge >= 0.3 is 0 Å². The minimum Gasteiger partial charge on any atom is -0.481 e. The Morgan fingerprint density at radius 2 is 2.17 bits per heavy atom. The van der Waals surface area contributed by atoms with Gasteiger partial charge in [-0.2, -0.15) is 5.26 Å². The first-order valence-electron chi connectivity index (χ1n) is 6.93. The SMILES string of the molecule is COc1ncccc1CNc1c(C#N)cnc2ccc(Cl)cc12. The highest BCUT2D eigenvalue weighted by Gasteiger charge is 2.11. The molecule has 114 valence electrons. The molecule has 3 rings (SSSR count).